The molecular formula is C17H24BrClN2O2. The molecule has 1 aromatic rings. The Morgan fingerprint density at radius 2 is 1.96 bits per heavy atom. The Balaban J connectivity index is 0.00000192. The average Bonchev–Trinajstić information content (AvgIpc) is 2.86. The van der Waals surface area contributed by atoms with Crippen LogP contribution in [0.25, 0.3) is 0 Å². The second kappa shape index (κ2) is 8.36. The van der Waals surface area contributed by atoms with E-state index in [0.717, 1.165) is 66.6 Å². The predicted molar refractivity (Wildman–Crippen MR) is 97.3 cm³/mol. The molecule has 23 heavy (non-hydrogen) atoms. The van der Waals surface area contributed by atoms with Gasteiger partial charge in [0.2, 0.25) is 5.91 Å². The number of hydrogen-bond donors (Lipinski definition) is 1. The Hall–Kier alpha value is -0.780. The monoisotopic (exact) mass is 402 g/mol. The van der Waals surface area contributed by atoms with Crippen molar-refractivity contribution in [3.05, 3.63) is 28.2 Å². The molecule has 1 aromatic carbocycles. The maximum Gasteiger partial charge on any atom is 0.227 e. The van der Waals surface area contributed by atoms with Crippen LogP contribution >= 0.6 is 28.3 Å². The van der Waals surface area contributed by atoms with E-state index in [2.05, 4.69) is 21.2 Å². The summed E-state index contributed by atoms with van der Waals surface area (Å²) in [6, 6.07) is 5.82. The third kappa shape index (κ3) is 4.40. The maximum absolute atomic E-state index is 12.7. The van der Waals surface area contributed by atoms with Crippen LogP contribution in [0.4, 0.5) is 0 Å². The molecule has 2 atom stereocenters. The second-order valence-corrected chi connectivity index (χ2v) is 7.19. The van der Waals surface area contributed by atoms with Gasteiger partial charge in [-0.1, -0.05) is 15.9 Å². The van der Waals surface area contributed by atoms with E-state index < -0.39 is 0 Å². The zero-order valence-electron chi connectivity index (χ0n) is 13.4. The lowest BCUT2D eigenvalue weighted by Crippen LogP contribution is -2.34. The van der Waals surface area contributed by atoms with Gasteiger partial charge < -0.3 is 15.0 Å². The Morgan fingerprint density at radius 3 is 2.57 bits per heavy atom. The highest BCUT2D eigenvalue weighted by Crippen LogP contribution is 2.28. The van der Waals surface area contributed by atoms with Crippen molar-refractivity contribution < 1.29 is 9.53 Å². The number of hydrogen-bond acceptors (Lipinski definition) is 3. The number of methoxy groups -OCH3 is 1. The number of ether oxygens (including phenoxy) is 1. The van der Waals surface area contributed by atoms with Gasteiger partial charge in [-0.3, -0.25) is 4.79 Å². The number of halogens is 2. The van der Waals surface area contributed by atoms with Gasteiger partial charge in [-0.2, -0.15) is 0 Å². The molecule has 2 fully saturated rings. The first-order chi connectivity index (χ1) is 10.7. The normalized spacial score (nSPS) is 23.7. The van der Waals surface area contributed by atoms with Gasteiger partial charge in [-0.25, -0.2) is 0 Å². The third-order valence-electron chi connectivity index (χ3n) is 4.96. The highest BCUT2D eigenvalue weighted by molar-refractivity contribution is 9.10. The van der Waals surface area contributed by atoms with Crippen LogP contribution < -0.4 is 10.1 Å². The summed E-state index contributed by atoms with van der Waals surface area (Å²) in [5.74, 6) is 2.49. The first-order valence-electron chi connectivity index (χ1n) is 7.98. The zero-order valence-corrected chi connectivity index (χ0v) is 15.8. The number of nitrogens with one attached hydrogen (secondary N) is 1. The number of carbonyl (C=O) groups is 1. The Morgan fingerprint density at radius 1 is 1.30 bits per heavy atom. The van der Waals surface area contributed by atoms with Crippen LogP contribution in [-0.4, -0.2) is 44.1 Å². The Kier molecular flexibility index (Phi) is 6.74. The molecule has 2 saturated heterocycles. The molecule has 2 heterocycles. The lowest BCUT2D eigenvalue weighted by atomic mass is 9.92. The van der Waals surface area contributed by atoms with Crippen molar-refractivity contribution >= 4 is 34.2 Å². The molecule has 0 spiro atoms. The van der Waals surface area contributed by atoms with Gasteiger partial charge in [-0.05, 0) is 56.0 Å². The van der Waals surface area contributed by atoms with Crippen LogP contribution in [0.15, 0.2) is 22.7 Å². The molecule has 128 valence electrons. The average molecular weight is 404 g/mol. The summed E-state index contributed by atoms with van der Waals surface area (Å²) in [5.41, 5.74) is 0.952. The van der Waals surface area contributed by atoms with Gasteiger partial charge in [-0.15, -0.1) is 12.4 Å². The zero-order chi connectivity index (χ0) is 15.5. The summed E-state index contributed by atoms with van der Waals surface area (Å²) in [5, 5.41) is 3.47. The maximum atomic E-state index is 12.7. The van der Waals surface area contributed by atoms with Gasteiger partial charge >= 0.3 is 0 Å². The number of fused-ring (bicyclic) bond motifs is 1. The summed E-state index contributed by atoms with van der Waals surface area (Å²) in [6.45, 7) is 4.01. The lowest BCUT2D eigenvalue weighted by Gasteiger charge is -2.21. The Labute approximate surface area is 152 Å². The fourth-order valence-electron chi connectivity index (χ4n) is 3.63. The van der Waals surface area contributed by atoms with Crippen molar-refractivity contribution in [2.75, 3.05) is 33.3 Å². The van der Waals surface area contributed by atoms with Crippen LogP contribution in [0, 0.1) is 11.8 Å². The number of benzene rings is 1. The highest BCUT2D eigenvalue weighted by atomic mass is 79.9. The Bertz CT molecular complexity index is 541. The van der Waals surface area contributed by atoms with Crippen molar-refractivity contribution in [2.24, 2.45) is 11.8 Å². The summed E-state index contributed by atoms with van der Waals surface area (Å²) in [7, 11) is 1.65. The van der Waals surface area contributed by atoms with Gasteiger partial charge in [0.25, 0.3) is 0 Å². The van der Waals surface area contributed by atoms with Crippen molar-refractivity contribution in [1.29, 1.82) is 0 Å². The largest absolute Gasteiger partial charge is 0.496 e. The molecule has 6 heteroatoms. The number of carbonyl (C=O) groups excluding carboxylic acids is 1. The van der Waals surface area contributed by atoms with Crippen LogP contribution in [0.1, 0.15) is 18.4 Å². The molecular weight excluding hydrogens is 380 g/mol. The molecule has 0 unspecified atom stereocenters. The first kappa shape index (κ1) is 18.6. The summed E-state index contributed by atoms with van der Waals surface area (Å²) < 4.78 is 6.35. The molecule has 0 aromatic heterocycles. The topological polar surface area (TPSA) is 41.6 Å². The van der Waals surface area contributed by atoms with Crippen molar-refractivity contribution in [3.8, 4) is 5.75 Å². The fraction of sp³-hybridized carbons (Fsp3) is 0.588. The van der Waals surface area contributed by atoms with E-state index in [1.54, 1.807) is 7.11 Å². The van der Waals surface area contributed by atoms with E-state index >= 15 is 0 Å². The van der Waals surface area contributed by atoms with Crippen molar-refractivity contribution in [3.63, 3.8) is 0 Å². The highest BCUT2D eigenvalue weighted by Gasteiger charge is 2.31. The van der Waals surface area contributed by atoms with E-state index in [9.17, 15) is 4.79 Å². The van der Waals surface area contributed by atoms with Gasteiger partial charge in [0, 0.05) is 23.1 Å². The predicted octanol–water partition coefficient (Wildman–Crippen LogP) is 2.88. The van der Waals surface area contributed by atoms with Gasteiger partial charge in [0.05, 0.1) is 13.5 Å². The molecule has 0 saturated carbocycles. The van der Waals surface area contributed by atoms with Crippen molar-refractivity contribution in [1.82, 2.24) is 10.2 Å². The third-order valence-corrected chi connectivity index (χ3v) is 5.45. The number of rotatable bonds is 3. The van der Waals surface area contributed by atoms with Crippen LogP contribution in [0.5, 0.6) is 5.75 Å². The standard InChI is InChI=1S/C17H23BrN2O2.ClH/c1-22-16-3-2-15(18)8-14(16)9-17(21)20-6-4-12-10-19-11-13(12)5-7-20;/h2-3,8,12-13,19H,4-7,9-11H2,1H3;1H/t12-,13+;. The molecule has 4 nitrogen and oxygen atoms in total. The summed E-state index contributed by atoms with van der Waals surface area (Å²) in [6.07, 6.45) is 2.66. The molecule has 0 radical (unpaired) electrons. The van der Waals surface area contributed by atoms with E-state index in [1.807, 2.05) is 23.1 Å². The van der Waals surface area contributed by atoms with Crippen LogP contribution in [0.3, 0.4) is 0 Å². The SMILES string of the molecule is COc1ccc(Br)cc1CC(=O)N1CC[C@@H]2CNC[C@@H]2CC1.Cl. The minimum Gasteiger partial charge on any atom is -0.496 e. The van der Waals surface area contributed by atoms with Crippen LogP contribution in [0.2, 0.25) is 0 Å². The second-order valence-electron chi connectivity index (χ2n) is 6.27. The van der Waals surface area contributed by atoms with Gasteiger partial charge in [0.15, 0.2) is 0 Å². The molecule has 0 bridgehead atoms. The first-order valence-corrected chi connectivity index (χ1v) is 8.77. The minimum atomic E-state index is 0. The number of likely N-dealkylation sites (tertiary alicyclic amines) is 1. The minimum absolute atomic E-state index is 0. The number of amides is 1. The van der Waals surface area contributed by atoms with E-state index in [4.69, 9.17) is 4.74 Å². The van der Waals surface area contributed by atoms with Crippen LogP contribution in [-0.2, 0) is 11.2 Å². The van der Waals surface area contributed by atoms with E-state index in [1.165, 1.54) is 0 Å². The van der Waals surface area contributed by atoms with E-state index in [0.29, 0.717) is 6.42 Å². The van der Waals surface area contributed by atoms with Crippen molar-refractivity contribution in [2.45, 2.75) is 19.3 Å². The molecule has 0 aliphatic carbocycles. The molecule has 2 aliphatic heterocycles. The molecule has 3 rings (SSSR count). The number of nitrogens with zero attached hydrogens (tertiary/aromatic N) is 1. The fourth-order valence-corrected chi connectivity index (χ4v) is 4.04. The summed E-state index contributed by atoms with van der Waals surface area (Å²) >= 11 is 3.47. The molecule has 2 aliphatic rings. The molecule has 1 N–H and O–H groups in total. The lowest BCUT2D eigenvalue weighted by molar-refractivity contribution is -0.130. The quantitative estimate of drug-likeness (QED) is 0.844. The smallest absolute Gasteiger partial charge is 0.227 e. The van der Waals surface area contributed by atoms with Gasteiger partial charge in [0.1, 0.15) is 5.75 Å². The van der Waals surface area contributed by atoms with E-state index in [-0.39, 0.29) is 18.3 Å². The molecule has 1 amide bonds. The summed E-state index contributed by atoms with van der Waals surface area (Å²) in [4.78, 5) is 14.7.